The molecule has 0 radical (unpaired) electrons. The van der Waals surface area contributed by atoms with Crippen molar-refractivity contribution < 1.29 is 4.74 Å². The van der Waals surface area contributed by atoms with Crippen LogP contribution in [-0.2, 0) is 4.74 Å². The van der Waals surface area contributed by atoms with Gasteiger partial charge in [-0.15, -0.1) is 0 Å². The minimum Gasteiger partial charge on any atom is -0.384 e. The molecule has 0 amide bonds. The second-order valence-corrected chi connectivity index (χ2v) is 4.02. The van der Waals surface area contributed by atoms with Gasteiger partial charge in [0.1, 0.15) is 5.84 Å². The first-order chi connectivity index (χ1) is 7.72. The zero-order valence-corrected chi connectivity index (χ0v) is 9.44. The van der Waals surface area contributed by atoms with Gasteiger partial charge in [0.05, 0.1) is 6.10 Å². The molecule has 1 heterocycles. The molecule has 1 aliphatic heterocycles. The Kier molecular flexibility index (Phi) is 3.10. The number of rotatable bonds is 3. The van der Waals surface area contributed by atoms with Crippen LogP contribution in [0.3, 0.4) is 0 Å². The van der Waals surface area contributed by atoms with Gasteiger partial charge < -0.3 is 15.4 Å². The highest BCUT2D eigenvalue weighted by molar-refractivity contribution is 6.00. The van der Waals surface area contributed by atoms with Crippen LogP contribution in [0.25, 0.3) is 0 Å². The number of ether oxygens (including phenoxy) is 1. The number of hydrogen-bond acceptors (Lipinski definition) is 3. The molecular formula is C12H17N3O. The molecule has 4 heteroatoms. The van der Waals surface area contributed by atoms with Gasteiger partial charge in [0.15, 0.2) is 0 Å². The molecule has 0 bridgehead atoms. The number of nitrogens with two attached hydrogens (primary N) is 1. The summed E-state index contributed by atoms with van der Waals surface area (Å²) in [6, 6.07) is 7.78. The van der Waals surface area contributed by atoms with Crippen molar-refractivity contribution in [2.24, 2.45) is 5.73 Å². The average Bonchev–Trinajstić information content (AvgIpc) is 2.77. The zero-order valence-electron chi connectivity index (χ0n) is 9.44. The van der Waals surface area contributed by atoms with Crippen LogP contribution >= 0.6 is 0 Å². The zero-order chi connectivity index (χ0) is 11.5. The van der Waals surface area contributed by atoms with E-state index in [9.17, 15) is 0 Å². The number of anilines is 1. The fourth-order valence-corrected chi connectivity index (χ4v) is 2.12. The molecule has 1 unspecified atom stereocenters. The third kappa shape index (κ3) is 2.02. The van der Waals surface area contributed by atoms with Crippen molar-refractivity contribution in [3.8, 4) is 0 Å². The van der Waals surface area contributed by atoms with E-state index in [1.165, 1.54) is 0 Å². The molecule has 1 atom stereocenters. The Bertz CT molecular complexity index is 392. The van der Waals surface area contributed by atoms with Gasteiger partial charge in [0.25, 0.3) is 0 Å². The van der Waals surface area contributed by atoms with Gasteiger partial charge >= 0.3 is 0 Å². The molecular weight excluding hydrogens is 202 g/mol. The fraction of sp³-hybridized carbons (Fsp3) is 0.417. The first kappa shape index (κ1) is 11.0. The molecule has 1 aromatic rings. The Morgan fingerprint density at radius 1 is 1.50 bits per heavy atom. The number of nitrogen functional groups attached to an aromatic ring is 1. The molecule has 2 rings (SSSR count). The quantitative estimate of drug-likeness (QED) is 0.593. The lowest BCUT2D eigenvalue weighted by Crippen LogP contribution is -2.25. The lowest BCUT2D eigenvalue weighted by atomic mass is 10.1. The van der Waals surface area contributed by atoms with Gasteiger partial charge in [-0.2, -0.15) is 0 Å². The predicted octanol–water partition coefficient (Wildman–Crippen LogP) is 1.20. The molecule has 4 nitrogen and oxygen atoms in total. The first-order valence-electron chi connectivity index (χ1n) is 5.43. The normalized spacial score (nSPS) is 20.1. The van der Waals surface area contributed by atoms with E-state index in [0.717, 1.165) is 30.8 Å². The van der Waals surface area contributed by atoms with Gasteiger partial charge in [-0.3, -0.25) is 5.41 Å². The van der Waals surface area contributed by atoms with Crippen molar-refractivity contribution in [3.05, 3.63) is 29.8 Å². The van der Waals surface area contributed by atoms with E-state index in [4.69, 9.17) is 15.9 Å². The number of benzene rings is 1. The molecule has 86 valence electrons. The minimum atomic E-state index is 0.122. The second kappa shape index (κ2) is 4.53. The standard InChI is InChI=1S/C12H17N3O/c1-16-9-6-7-15(8-9)11-5-3-2-4-10(11)12(13)14/h2-5,9H,6-8H2,1H3,(H3,13,14). The van der Waals surface area contributed by atoms with Crippen molar-refractivity contribution in [3.63, 3.8) is 0 Å². The van der Waals surface area contributed by atoms with Crippen LogP contribution in [0.1, 0.15) is 12.0 Å². The number of para-hydroxylation sites is 1. The number of amidine groups is 1. The van der Waals surface area contributed by atoms with Crippen LogP contribution in [0.4, 0.5) is 5.69 Å². The molecule has 0 aromatic heterocycles. The van der Waals surface area contributed by atoms with Crippen molar-refractivity contribution >= 4 is 11.5 Å². The van der Waals surface area contributed by atoms with Gasteiger partial charge in [-0.1, -0.05) is 12.1 Å². The molecule has 1 fully saturated rings. The summed E-state index contributed by atoms with van der Waals surface area (Å²) in [5, 5.41) is 7.56. The molecule has 1 aromatic carbocycles. The van der Waals surface area contributed by atoms with E-state index in [1.807, 2.05) is 24.3 Å². The molecule has 3 N–H and O–H groups in total. The third-order valence-corrected chi connectivity index (χ3v) is 3.01. The highest BCUT2D eigenvalue weighted by Crippen LogP contribution is 2.25. The highest BCUT2D eigenvalue weighted by atomic mass is 16.5. The molecule has 0 spiro atoms. The largest absolute Gasteiger partial charge is 0.384 e. The SMILES string of the molecule is COC1CCN(c2ccccc2C(=N)N)C1. The van der Waals surface area contributed by atoms with Crippen LogP contribution in [-0.4, -0.2) is 32.1 Å². The maximum absolute atomic E-state index is 7.56. The van der Waals surface area contributed by atoms with E-state index in [-0.39, 0.29) is 5.84 Å². The van der Waals surface area contributed by atoms with Gasteiger partial charge in [-0.25, -0.2) is 0 Å². The van der Waals surface area contributed by atoms with Crippen LogP contribution in [0, 0.1) is 5.41 Å². The lowest BCUT2D eigenvalue weighted by Gasteiger charge is -2.21. The summed E-state index contributed by atoms with van der Waals surface area (Å²) in [6.45, 7) is 1.84. The smallest absolute Gasteiger partial charge is 0.124 e. The summed E-state index contributed by atoms with van der Waals surface area (Å²) < 4.78 is 5.34. The third-order valence-electron chi connectivity index (χ3n) is 3.01. The summed E-state index contributed by atoms with van der Waals surface area (Å²) in [6.07, 6.45) is 1.32. The Morgan fingerprint density at radius 3 is 2.88 bits per heavy atom. The van der Waals surface area contributed by atoms with Gasteiger partial charge in [-0.05, 0) is 18.6 Å². The molecule has 1 aliphatic rings. The van der Waals surface area contributed by atoms with Crippen LogP contribution in [0.15, 0.2) is 24.3 Å². The van der Waals surface area contributed by atoms with E-state index >= 15 is 0 Å². The second-order valence-electron chi connectivity index (χ2n) is 4.02. The molecule has 0 aliphatic carbocycles. The topological polar surface area (TPSA) is 62.3 Å². The highest BCUT2D eigenvalue weighted by Gasteiger charge is 2.24. The number of hydrogen-bond donors (Lipinski definition) is 2. The van der Waals surface area contributed by atoms with Crippen molar-refractivity contribution in [1.82, 2.24) is 0 Å². The summed E-state index contributed by atoms with van der Waals surface area (Å²) in [5.41, 5.74) is 7.42. The van der Waals surface area contributed by atoms with E-state index in [0.29, 0.717) is 6.10 Å². The van der Waals surface area contributed by atoms with Gasteiger partial charge in [0, 0.05) is 31.5 Å². The molecule has 16 heavy (non-hydrogen) atoms. The lowest BCUT2D eigenvalue weighted by molar-refractivity contribution is 0.121. The monoisotopic (exact) mass is 219 g/mol. The van der Waals surface area contributed by atoms with Crippen LogP contribution in [0.2, 0.25) is 0 Å². The van der Waals surface area contributed by atoms with Crippen molar-refractivity contribution in [1.29, 1.82) is 5.41 Å². The summed E-state index contributed by atoms with van der Waals surface area (Å²) in [5.74, 6) is 0.122. The number of methoxy groups -OCH3 is 1. The Morgan fingerprint density at radius 2 is 2.25 bits per heavy atom. The van der Waals surface area contributed by atoms with E-state index in [2.05, 4.69) is 4.90 Å². The number of nitrogens with one attached hydrogen (secondary N) is 1. The molecule has 0 saturated carbocycles. The van der Waals surface area contributed by atoms with Crippen molar-refractivity contribution in [2.75, 3.05) is 25.1 Å². The first-order valence-corrected chi connectivity index (χ1v) is 5.43. The maximum atomic E-state index is 7.56. The molecule has 1 saturated heterocycles. The predicted molar refractivity (Wildman–Crippen MR) is 65.1 cm³/mol. The minimum absolute atomic E-state index is 0.122. The Balaban J connectivity index is 2.24. The van der Waals surface area contributed by atoms with Gasteiger partial charge in [0.2, 0.25) is 0 Å². The van der Waals surface area contributed by atoms with Crippen LogP contribution in [0.5, 0.6) is 0 Å². The van der Waals surface area contributed by atoms with Crippen molar-refractivity contribution in [2.45, 2.75) is 12.5 Å². The van der Waals surface area contributed by atoms with E-state index < -0.39 is 0 Å². The van der Waals surface area contributed by atoms with Crippen LogP contribution < -0.4 is 10.6 Å². The van der Waals surface area contributed by atoms with E-state index in [1.54, 1.807) is 7.11 Å². The Hall–Kier alpha value is -1.55. The fourth-order valence-electron chi connectivity index (χ4n) is 2.12. The average molecular weight is 219 g/mol. The number of nitrogens with zero attached hydrogens (tertiary/aromatic N) is 1. The maximum Gasteiger partial charge on any atom is 0.124 e. The summed E-state index contributed by atoms with van der Waals surface area (Å²) >= 11 is 0. The Labute approximate surface area is 95.5 Å². The summed E-state index contributed by atoms with van der Waals surface area (Å²) in [4.78, 5) is 2.23. The summed E-state index contributed by atoms with van der Waals surface area (Å²) in [7, 11) is 1.74.